The van der Waals surface area contributed by atoms with E-state index in [4.69, 9.17) is 16.3 Å². The molecule has 0 aliphatic carbocycles. The van der Waals surface area contributed by atoms with Crippen molar-refractivity contribution in [1.29, 1.82) is 0 Å². The topological polar surface area (TPSA) is 53.1 Å². The third-order valence-corrected chi connectivity index (χ3v) is 9.21. The summed E-state index contributed by atoms with van der Waals surface area (Å²) >= 11 is 6.46. The summed E-state index contributed by atoms with van der Waals surface area (Å²) in [6.45, 7) is 12.4. The average Bonchev–Trinajstić information content (AvgIpc) is 3.48. The standard InChI is InChI=1S/C37H46ClN3O3/c1-27-10-5-7-13-33(27)31-12-9-21-39(25-31)24-28-15-17-30(18-16-28)35(42)41(23-19-29-11-6-8-14-34(29)38)32-20-22-40(26-32)36(43)44-37(2,3)4/h5-8,10-11,13-18,31-32H,9,12,19-26H2,1-4H3/t31?,32-/m1/s1. The molecule has 7 heteroatoms. The van der Waals surface area contributed by atoms with E-state index >= 15 is 0 Å². The molecule has 3 aromatic carbocycles. The van der Waals surface area contributed by atoms with Gasteiger partial charge in [0.25, 0.3) is 5.91 Å². The van der Waals surface area contributed by atoms with E-state index < -0.39 is 5.60 Å². The number of rotatable bonds is 8. The third kappa shape index (κ3) is 8.22. The molecule has 2 fully saturated rings. The summed E-state index contributed by atoms with van der Waals surface area (Å²) in [4.78, 5) is 33.0. The predicted molar refractivity (Wildman–Crippen MR) is 177 cm³/mol. The van der Waals surface area contributed by atoms with Crippen molar-refractivity contribution in [2.24, 2.45) is 0 Å². The monoisotopic (exact) mass is 615 g/mol. The Morgan fingerprint density at radius 3 is 2.39 bits per heavy atom. The van der Waals surface area contributed by atoms with Gasteiger partial charge in [-0.05, 0) is 106 Å². The molecule has 2 aliphatic heterocycles. The summed E-state index contributed by atoms with van der Waals surface area (Å²) in [5.74, 6) is 0.543. The summed E-state index contributed by atoms with van der Waals surface area (Å²) < 4.78 is 5.61. The van der Waals surface area contributed by atoms with Crippen LogP contribution in [0, 0.1) is 6.92 Å². The van der Waals surface area contributed by atoms with Crippen LogP contribution in [0.4, 0.5) is 4.79 Å². The van der Waals surface area contributed by atoms with Crippen LogP contribution >= 0.6 is 11.6 Å². The van der Waals surface area contributed by atoms with Crippen LogP contribution in [0.5, 0.6) is 0 Å². The zero-order valence-electron chi connectivity index (χ0n) is 26.6. The van der Waals surface area contributed by atoms with Gasteiger partial charge in [-0.2, -0.15) is 0 Å². The van der Waals surface area contributed by atoms with Crippen LogP contribution in [0.15, 0.2) is 72.8 Å². The van der Waals surface area contributed by atoms with Crippen molar-refractivity contribution in [3.63, 3.8) is 0 Å². The number of aryl methyl sites for hydroxylation is 1. The Hall–Kier alpha value is -3.35. The van der Waals surface area contributed by atoms with Gasteiger partial charge in [0.05, 0.1) is 6.04 Å². The quantitative estimate of drug-likeness (QED) is 0.260. The first-order valence-electron chi connectivity index (χ1n) is 16.0. The number of hydrogen-bond acceptors (Lipinski definition) is 4. The second-order valence-corrected chi connectivity index (χ2v) is 13.7. The van der Waals surface area contributed by atoms with Crippen LogP contribution in [-0.4, -0.2) is 71.1 Å². The highest BCUT2D eigenvalue weighted by molar-refractivity contribution is 6.31. The molecule has 44 heavy (non-hydrogen) atoms. The van der Waals surface area contributed by atoms with Crippen molar-refractivity contribution >= 4 is 23.6 Å². The molecule has 0 N–H and O–H groups in total. The second kappa shape index (κ2) is 14.2. The predicted octanol–water partition coefficient (Wildman–Crippen LogP) is 7.72. The van der Waals surface area contributed by atoms with Gasteiger partial charge in [0, 0.05) is 43.3 Å². The molecular weight excluding hydrogens is 570 g/mol. The summed E-state index contributed by atoms with van der Waals surface area (Å²) in [5.41, 5.74) is 5.16. The summed E-state index contributed by atoms with van der Waals surface area (Å²) in [5, 5.41) is 0.702. The highest BCUT2D eigenvalue weighted by atomic mass is 35.5. The van der Waals surface area contributed by atoms with Gasteiger partial charge in [-0.1, -0.05) is 66.2 Å². The molecular formula is C37H46ClN3O3. The SMILES string of the molecule is Cc1ccccc1C1CCCN(Cc2ccc(C(=O)N(CCc3ccccc3Cl)[C@@H]3CCN(C(=O)OC(C)(C)C)C3)cc2)C1. The normalized spacial score (nSPS) is 19.2. The number of halogens is 1. The molecule has 6 nitrogen and oxygen atoms in total. The first-order valence-corrected chi connectivity index (χ1v) is 16.3. The molecule has 234 valence electrons. The van der Waals surface area contributed by atoms with Gasteiger partial charge in [-0.25, -0.2) is 4.79 Å². The maximum Gasteiger partial charge on any atom is 0.410 e. The Morgan fingerprint density at radius 1 is 0.932 bits per heavy atom. The Balaban J connectivity index is 1.26. The zero-order valence-corrected chi connectivity index (χ0v) is 27.4. The minimum Gasteiger partial charge on any atom is -0.444 e. The number of ether oxygens (including phenoxy) is 1. The van der Waals surface area contributed by atoms with Gasteiger partial charge in [-0.15, -0.1) is 0 Å². The van der Waals surface area contributed by atoms with E-state index in [9.17, 15) is 9.59 Å². The summed E-state index contributed by atoms with van der Waals surface area (Å²) in [6.07, 6.45) is 3.44. The van der Waals surface area contributed by atoms with Crippen LogP contribution in [-0.2, 0) is 17.7 Å². The molecule has 1 unspecified atom stereocenters. The van der Waals surface area contributed by atoms with Crippen molar-refractivity contribution in [3.8, 4) is 0 Å². The lowest BCUT2D eigenvalue weighted by Crippen LogP contribution is -2.44. The smallest absolute Gasteiger partial charge is 0.410 e. The maximum absolute atomic E-state index is 14.0. The summed E-state index contributed by atoms with van der Waals surface area (Å²) in [7, 11) is 0. The van der Waals surface area contributed by atoms with Crippen molar-refractivity contribution < 1.29 is 14.3 Å². The fourth-order valence-electron chi connectivity index (χ4n) is 6.56. The summed E-state index contributed by atoms with van der Waals surface area (Å²) in [6, 6.07) is 24.5. The van der Waals surface area contributed by atoms with Crippen LogP contribution in [0.25, 0.3) is 0 Å². The van der Waals surface area contributed by atoms with Gasteiger partial charge in [0.15, 0.2) is 0 Å². The molecule has 0 bridgehead atoms. The molecule has 0 aromatic heterocycles. The number of benzene rings is 3. The molecule has 2 aliphatic rings. The van der Waals surface area contributed by atoms with Gasteiger partial charge in [0.1, 0.15) is 5.60 Å². The molecule has 3 aromatic rings. The van der Waals surface area contributed by atoms with Crippen LogP contribution in [0.3, 0.4) is 0 Å². The van der Waals surface area contributed by atoms with E-state index in [1.165, 1.54) is 29.5 Å². The second-order valence-electron chi connectivity index (χ2n) is 13.3. The van der Waals surface area contributed by atoms with Gasteiger partial charge < -0.3 is 14.5 Å². The lowest BCUT2D eigenvalue weighted by atomic mass is 9.88. The molecule has 2 atom stereocenters. The molecule has 2 saturated heterocycles. The van der Waals surface area contributed by atoms with Crippen molar-refractivity contribution in [3.05, 3.63) is 106 Å². The number of hydrogen-bond donors (Lipinski definition) is 0. The van der Waals surface area contributed by atoms with E-state index in [1.807, 2.05) is 62.1 Å². The number of likely N-dealkylation sites (tertiary alicyclic amines) is 2. The third-order valence-electron chi connectivity index (χ3n) is 8.84. The Morgan fingerprint density at radius 2 is 1.66 bits per heavy atom. The van der Waals surface area contributed by atoms with E-state index in [-0.39, 0.29) is 18.0 Å². The maximum atomic E-state index is 14.0. The fraction of sp³-hybridized carbons (Fsp3) is 0.459. The molecule has 5 rings (SSSR count). The minimum absolute atomic E-state index is 0.0165. The van der Waals surface area contributed by atoms with E-state index in [0.717, 1.165) is 25.2 Å². The lowest BCUT2D eigenvalue weighted by Gasteiger charge is -2.33. The number of piperidine rings is 1. The van der Waals surface area contributed by atoms with Crippen molar-refractivity contribution in [2.45, 2.75) is 77.5 Å². The van der Waals surface area contributed by atoms with E-state index in [0.29, 0.717) is 49.0 Å². The van der Waals surface area contributed by atoms with Gasteiger partial charge >= 0.3 is 6.09 Å². The Kier molecular flexibility index (Phi) is 10.3. The first-order chi connectivity index (χ1) is 21.1. The number of carbonyl (C=O) groups is 2. The molecule has 2 heterocycles. The number of nitrogens with zero attached hydrogens (tertiary/aromatic N) is 3. The Bertz CT molecular complexity index is 1430. The van der Waals surface area contributed by atoms with Crippen molar-refractivity contribution in [1.82, 2.24) is 14.7 Å². The zero-order chi connectivity index (χ0) is 31.3. The number of amides is 2. The fourth-order valence-corrected chi connectivity index (χ4v) is 6.79. The highest BCUT2D eigenvalue weighted by Gasteiger charge is 2.35. The van der Waals surface area contributed by atoms with Crippen LogP contribution in [0.1, 0.15) is 78.6 Å². The molecule has 2 amide bonds. The van der Waals surface area contributed by atoms with Gasteiger partial charge in [0.2, 0.25) is 0 Å². The Labute approximate surface area is 267 Å². The molecule has 0 saturated carbocycles. The van der Waals surface area contributed by atoms with Gasteiger partial charge in [-0.3, -0.25) is 9.69 Å². The minimum atomic E-state index is -0.563. The van der Waals surface area contributed by atoms with Crippen LogP contribution < -0.4 is 0 Å². The lowest BCUT2D eigenvalue weighted by molar-refractivity contribution is 0.0275. The first kappa shape index (κ1) is 32.1. The highest BCUT2D eigenvalue weighted by Crippen LogP contribution is 2.30. The largest absolute Gasteiger partial charge is 0.444 e. The number of carbonyl (C=O) groups excluding carboxylic acids is 2. The van der Waals surface area contributed by atoms with E-state index in [2.05, 4.69) is 48.2 Å². The van der Waals surface area contributed by atoms with Crippen molar-refractivity contribution in [2.75, 3.05) is 32.7 Å². The van der Waals surface area contributed by atoms with Crippen LogP contribution in [0.2, 0.25) is 5.02 Å². The average molecular weight is 616 g/mol. The van der Waals surface area contributed by atoms with E-state index in [1.54, 1.807) is 4.90 Å². The molecule has 0 spiro atoms. The molecule has 0 radical (unpaired) electrons.